The molecule has 1 fully saturated rings. The van der Waals surface area contributed by atoms with Crippen molar-refractivity contribution in [2.45, 2.75) is 12.8 Å². The number of hydrogen-bond donors (Lipinski definition) is 1. The van der Waals surface area contributed by atoms with E-state index in [0.29, 0.717) is 59.2 Å². The van der Waals surface area contributed by atoms with Gasteiger partial charge in [0.25, 0.3) is 11.8 Å². The second kappa shape index (κ2) is 9.79. The zero-order chi connectivity index (χ0) is 24.4. The first-order valence-electron chi connectivity index (χ1n) is 11.4. The van der Waals surface area contributed by atoms with Crippen molar-refractivity contribution in [3.63, 3.8) is 0 Å². The molecule has 1 aromatic heterocycles. The zero-order valence-corrected chi connectivity index (χ0v) is 20.0. The molecule has 0 atom stereocenters. The van der Waals surface area contributed by atoms with Gasteiger partial charge in [-0.3, -0.25) is 14.4 Å². The first-order valence-corrected chi connectivity index (χ1v) is 12.3. The molecule has 180 valence electrons. The second-order valence-corrected chi connectivity index (χ2v) is 9.43. The van der Waals surface area contributed by atoms with Crippen molar-refractivity contribution < 1.29 is 23.9 Å². The summed E-state index contributed by atoms with van der Waals surface area (Å²) in [5.41, 5.74) is 1.70. The van der Waals surface area contributed by atoms with Crippen LogP contribution in [0.1, 0.15) is 32.9 Å². The molecule has 2 aliphatic rings. The molecule has 5 rings (SSSR count). The average Bonchev–Trinajstić information content (AvgIpc) is 3.60. The van der Waals surface area contributed by atoms with Gasteiger partial charge in [0, 0.05) is 37.8 Å². The fourth-order valence-corrected chi connectivity index (χ4v) is 5.05. The maximum atomic E-state index is 13.4. The molecular weight excluding hydrogens is 466 g/mol. The first-order chi connectivity index (χ1) is 17.0. The highest BCUT2D eigenvalue weighted by atomic mass is 32.1. The van der Waals surface area contributed by atoms with Crippen molar-refractivity contribution >= 4 is 40.4 Å². The van der Waals surface area contributed by atoms with Crippen molar-refractivity contribution in [3.8, 4) is 11.5 Å². The molecule has 0 spiro atoms. The summed E-state index contributed by atoms with van der Waals surface area (Å²) in [7, 11) is 1.68. The van der Waals surface area contributed by atoms with Gasteiger partial charge in [-0.05, 0) is 48.6 Å². The number of thiophene rings is 1. The lowest BCUT2D eigenvalue weighted by Gasteiger charge is -2.32. The number of piperidine rings is 1. The first kappa shape index (κ1) is 22.9. The van der Waals surface area contributed by atoms with Crippen LogP contribution < -0.4 is 19.7 Å². The molecule has 3 amide bonds. The quantitative estimate of drug-likeness (QED) is 0.577. The number of likely N-dealkylation sites (tertiary alicyclic amines) is 1. The molecule has 0 radical (unpaired) electrons. The SMILES string of the molecule is CN(C(=O)c1cccs1)c1ccccc1C(=O)N1CCC(C(=O)Nc2ccc3c(c2)OCO3)CC1. The Bertz CT molecular complexity index is 1250. The van der Waals surface area contributed by atoms with Gasteiger partial charge in [-0.25, -0.2) is 0 Å². The summed E-state index contributed by atoms with van der Waals surface area (Å²) in [6, 6.07) is 16.1. The minimum absolute atomic E-state index is 0.0716. The Morgan fingerprint density at radius 3 is 2.54 bits per heavy atom. The molecule has 0 bridgehead atoms. The molecule has 0 aliphatic carbocycles. The summed E-state index contributed by atoms with van der Waals surface area (Å²) < 4.78 is 10.7. The number of ether oxygens (including phenoxy) is 2. The van der Waals surface area contributed by atoms with Crippen LogP contribution in [0, 0.1) is 5.92 Å². The number of fused-ring (bicyclic) bond motifs is 1. The second-order valence-electron chi connectivity index (χ2n) is 8.48. The lowest BCUT2D eigenvalue weighted by Crippen LogP contribution is -2.42. The molecule has 3 aromatic rings. The van der Waals surface area contributed by atoms with Crippen molar-refractivity contribution in [2.24, 2.45) is 5.92 Å². The highest BCUT2D eigenvalue weighted by molar-refractivity contribution is 7.12. The largest absolute Gasteiger partial charge is 0.454 e. The molecule has 35 heavy (non-hydrogen) atoms. The molecule has 8 nitrogen and oxygen atoms in total. The molecule has 9 heteroatoms. The van der Waals surface area contributed by atoms with E-state index in [1.165, 1.54) is 16.2 Å². The number of hydrogen-bond acceptors (Lipinski definition) is 6. The molecule has 2 aromatic carbocycles. The summed E-state index contributed by atoms with van der Waals surface area (Å²) in [5.74, 6) is 0.725. The number of benzene rings is 2. The van der Waals surface area contributed by atoms with Crippen LogP contribution in [0.4, 0.5) is 11.4 Å². The van der Waals surface area contributed by atoms with Crippen molar-refractivity contribution in [1.29, 1.82) is 0 Å². The van der Waals surface area contributed by atoms with E-state index in [0.717, 1.165) is 0 Å². The molecule has 1 N–H and O–H groups in total. The Kier molecular flexibility index (Phi) is 6.41. The van der Waals surface area contributed by atoms with Gasteiger partial charge in [0.1, 0.15) is 0 Å². The highest BCUT2D eigenvalue weighted by Crippen LogP contribution is 2.34. The van der Waals surface area contributed by atoms with E-state index >= 15 is 0 Å². The lowest BCUT2D eigenvalue weighted by molar-refractivity contribution is -0.121. The topological polar surface area (TPSA) is 88.2 Å². The molecule has 0 unspecified atom stereocenters. The predicted molar refractivity (Wildman–Crippen MR) is 133 cm³/mol. The minimum Gasteiger partial charge on any atom is -0.454 e. The summed E-state index contributed by atoms with van der Waals surface area (Å²) >= 11 is 1.37. The number of amides is 3. The number of para-hydroxylation sites is 1. The fraction of sp³-hybridized carbons (Fsp3) is 0.269. The predicted octanol–water partition coefficient (Wildman–Crippen LogP) is 4.24. The van der Waals surface area contributed by atoms with E-state index in [-0.39, 0.29) is 30.4 Å². The Hall–Kier alpha value is -3.85. The Morgan fingerprint density at radius 2 is 1.77 bits per heavy atom. The molecule has 2 aliphatic heterocycles. The van der Waals surface area contributed by atoms with E-state index < -0.39 is 0 Å². The molecule has 1 saturated heterocycles. The van der Waals surface area contributed by atoms with Crippen LogP contribution in [0.3, 0.4) is 0 Å². The Labute approximate surface area is 207 Å². The van der Waals surface area contributed by atoms with E-state index in [4.69, 9.17) is 9.47 Å². The van der Waals surface area contributed by atoms with Crippen LogP contribution in [0.25, 0.3) is 0 Å². The van der Waals surface area contributed by atoms with Gasteiger partial charge in [-0.1, -0.05) is 18.2 Å². The lowest BCUT2D eigenvalue weighted by atomic mass is 9.95. The van der Waals surface area contributed by atoms with Crippen LogP contribution in [0.2, 0.25) is 0 Å². The highest BCUT2D eigenvalue weighted by Gasteiger charge is 2.30. The maximum Gasteiger partial charge on any atom is 0.268 e. The average molecular weight is 492 g/mol. The third kappa shape index (κ3) is 4.72. The van der Waals surface area contributed by atoms with Crippen molar-refractivity contribution in [3.05, 3.63) is 70.4 Å². The smallest absolute Gasteiger partial charge is 0.268 e. The Balaban J connectivity index is 1.22. The molecule has 0 saturated carbocycles. The van der Waals surface area contributed by atoms with Crippen LogP contribution >= 0.6 is 11.3 Å². The zero-order valence-electron chi connectivity index (χ0n) is 19.2. The number of nitrogens with zero attached hydrogens (tertiary/aromatic N) is 2. The van der Waals surface area contributed by atoms with Gasteiger partial charge in [0.15, 0.2) is 11.5 Å². The normalized spacial score (nSPS) is 15.1. The van der Waals surface area contributed by atoms with E-state index in [2.05, 4.69) is 5.32 Å². The van der Waals surface area contributed by atoms with E-state index in [1.807, 2.05) is 17.5 Å². The van der Waals surface area contributed by atoms with Gasteiger partial charge >= 0.3 is 0 Å². The third-order valence-corrected chi connectivity index (χ3v) is 7.18. The Morgan fingerprint density at radius 1 is 1.00 bits per heavy atom. The summed E-state index contributed by atoms with van der Waals surface area (Å²) in [6.45, 7) is 1.12. The van der Waals surface area contributed by atoms with Gasteiger partial charge in [0.05, 0.1) is 16.1 Å². The van der Waals surface area contributed by atoms with Crippen LogP contribution in [0.15, 0.2) is 60.0 Å². The fourth-order valence-electron chi connectivity index (χ4n) is 4.36. The van der Waals surface area contributed by atoms with Gasteiger partial charge < -0.3 is 24.6 Å². The van der Waals surface area contributed by atoms with Crippen LogP contribution in [0.5, 0.6) is 11.5 Å². The van der Waals surface area contributed by atoms with Crippen molar-refractivity contribution in [1.82, 2.24) is 4.90 Å². The van der Waals surface area contributed by atoms with E-state index in [1.54, 1.807) is 54.4 Å². The molecule has 3 heterocycles. The molecular formula is C26H25N3O5S. The maximum absolute atomic E-state index is 13.4. The van der Waals surface area contributed by atoms with Gasteiger partial charge in [-0.2, -0.15) is 0 Å². The minimum atomic E-state index is -0.192. The standard InChI is InChI=1S/C26H25N3O5S/c1-28(26(32)23-7-4-14-35-23)20-6-3-2-5-19(20)25(31)29-12-10-17(11-13-29)24(30)27-18-8-9-21-22(15-18)34-16-33-21/h2-9,14-15,17H,10-13,16H2,1H3,(H,27,30). The third-order valence-electron chi connectivity index (χ3n) is 6.33. The summed E-state index contributed by atoms with van der Waals surface area (Å²) in [5, 5.41) is 4.80. The number of carbonyl (C=O) groups is 3. The van der Waals surface area contributed by atoms with E-state index in [9.17, 15) is 14.4 Å². The van der Waals surface area contributed by atoms with Crippen molar-refractivity contribution in [2.75, 3.05) is 37.1 Å². The summed E-state index contributed by atoms with van der Waals surface area (Å²) in [6.07, 6.45) is 1.13. The number of anilines is 2. The van der Waals surface area contributed by atoms with Gasteiger partial charge in [0.2, 0.25) is 12.7 Å². The van der Waals surface area contributed by atoms with Gasteiger partial charge in [-0.15, -0.1) is 11.3 Å². The monoisotopic (exact) mass is 491 g/mol. The van der Waals surface area contributed by atoms with Crippen LogP contribution in [-0.4, -0.2) is 49.6 Å². The number of carbonyl (C=O) groups excluding carboxylic acids is 3. The number of rotatable bonds is 5. The summed E-state index contributed by atoms with van der Waals surface area (Å²) in [4.78, 5) is 42.9. The number of nitrogens with one attached hydrogen (secondary N) is 1. The van der Waals surface area contributed by atoms with Crippen LogP contribution in [-0.2, 0) is 4.79 Å².